The van der Waals surface area contributed by atoms with Crippen molar-refractivity contribution >= 4 is 12.1 Å². The highest BCUT2D eigenvalue weighted by Gasteiger charge is 2.21. The van der Waals surface area contributed by atoms with Crippen molar-refractivity contribution in [2.75, 3.05) is 6.54 Å². The van der Waals surface area contributed by atoms with Gasteiger partial charge in [-0.05, 0) is 33.6 Å². The quantitative estimate of drug-likeness (QED) is 0.609. The summed E-state index contributed by atoms with van der Waals surface area (Å²) in [7, 11) is 0. The standard InChI is InChI=1S/C15H30N2O4/c1-6-8-9-11(17-12(7-2)13(18)19)10-16-14(20)21-15(3,4)5/h11-12,17H,6-10H2,1-5H3,(H,16,20)(H,18,19). The van der Waals surface area contributed by atoms with Crippen LogP contribution in [0.3, 0.4) is 0 Å². The van der Waals surface area contributed by atoms with Gasteiger partial charge < -0.3 is 15.2 Å². The van der Waals surface area contributed by atoms with Crippen LogP contribution in [0.5, 0.6) is 0 Å². The molecule has 0 aliphatic rings. The van der Waals surface area contributed by atoms with Crippen LogP contribution < -0.4 is 10.6 Å². The third-order valence-corrected chi connectivity index (χ3v) is 2.94. The topological polar surface area (TPSA) is 87.7 Å². The fourth-order valence-electron chi connectivity index (χ4n) is 1.86. The van der Waals surface area contributed by atoms with E-state index in [1.54, 1.807) is 20.8 Å². The molecule has 0 fully saturated rings. The van der Waals surface area contributed by atoms with Crippen molar-refractivity contribution in [1.82, 2.24) is 10.6 Å². The molecule has 21 heavy (non-hydrogen) atoms. The Morgan fingerprint density at radius 1 is 1.24 bits per heavy atom. The maximum Gasteiger partial charge on any atom is 0.407 e. The second-order valence-electron chi connectivity index (χ2n) is 6.19. The van der Waals surface area contributed by atoms with Crippen molar-refractivity contribution in [3.63, 3.8) is 0 Å². The van der Waals surface area contributed by atoms with Gasteiger partial charge in [0.15, 0.2) is 0 Å². The molecule has 0 spiro atoms. The number of carboxylic acid groups (broad SMARTS) is 1. The van der Waals surface area contributed by atoms with Crippen LogP contribution in [0.4, 0.5) is 4.79 Å². The van der Waals surface area contributed by atoms with Crippen LogP contribution in [-0.2, 0) is 9.53 Å². The molecular formula is C15H30N2O4. The molecule has 0 aromatic carbocycles. The van der Waals surface area contributed by atoms with E-state index in [2.05, 4.69) is 17.6 Å². The Morgan fingerprint density at radius 2 is 1.86 bits per heavy atom. The largest absolute Gasteiger partial charge is 0.480 e. The Balaban J connectivity index is 4.41. The zero-order chi connectivity index (χ0) is 16.5. The lowest BCUT2D eigenvalue weighted by Crippen LogP contribution is -2.48. The molecule has 124 valence electrons. The van der Waals surface area contributed by atoms with E-state index in [9.17, 15) is 9.59 Å². The number of rotatable bonds is 9. The molecule has 2 unspecified atom stereocenters. The molecule has 6 nitrogen and oxygen atoms in total. The molecule has 0 rings (SSSR count). The van der Waals surface area contributed by atoms with Gasteiger partial charge in [-0.3, -0.25) is 10.1 Å². The molecule has 0 aromatic heterocycles. The fraction of sp³-hybridized carbons (Fsp3) is 0.867. The lowest BCUT2D eigenvalue weighted by Gasteiger charge is -2.24. The first-order valence-corrected chi connectivity index (χ1v) is 7.65. The number of carbonyl (C=O) groups excluding carboxylic acids is 1. The Kier molecular flexibility index (Phi) is 9.01. The van der Waals surface area contributed by atoms with Gasteiger partial charge >= 0.3 is 12.1 Å². The van der Waals surface area contributed by atoms with Gasteiger partial charge in [-0.25, -0.2) is 4.79 Å². The SMILES string of the molecule is CCCCC(CNC(=O)OC(C)(C)C)NC(CC)C(=O)O. The first-order chi connectivity index (χ1) is 9.69. The molecule has 0 heterocycles. The van der Waals surface area contributed by atoms with Crippen LogP contribution in [0.25, 0.3) is 0 Å². The summed E-state index contributed by atoms with van der Waals surface area (Å²) in [6.45, 7) is 9.67. The number of amides is 1. The minimum Gasteiger partial charge on any atom is -0.480 e. The Morgan fingerprint density at radius 3 is 2.29 bits per heavy atom. The molecule has 0 aliphatic heterocycles. The monoisotopic (exact) mass is 302 g/mol. The summed E-state index contributed by atoms with van der Waals surface area (Å²) in [5.41, 5.74) is -0.538. The van der Waals surface area contributed by atoms with Crippen molar-refractivity contribution < 1.29 is 19.4 Å². The first-order valence-electron chi connectivity index (χ1n) is 7.65. The molecule has 0 radical (unpaired) electrons. The summed E-state index contributed by atoms with van der Waals surface area (Å²) in [6.07, 6.45) is 2.84. The first kappa shape index (κ1) is 19.7. The van der Waals surface area contributed by atoms with Crippen LogP contribution in [0, 0.1) is 0 Å². The second-order valence-corrected chi connectivity index (χ2v) is 6.19. The van der Waals surface area contributed by atoms with E-state index < -0.39 is 23.7 Å². The number of aliphatic carboxylic acids is 1. The zero-order valence-corrected chi connectivity index (χ0v) is 13.9. The molecule has 0 saturated heterocycles. The third kappa shape index (κ3) is 10.1. The smallest absolute Gasteiger partial charge is 0.407 e. The maximum absolute atomic E-state index is 11.6. The zero-order valence-electron chi connectivity index (χ0n) is 13.9. The predicted octanol–water partition coefficient (Wildman–Crippen LogP) is 2.52. The molecule has 0 bridgehead atoms. The van der Waals surface area contributed by atoms with Gasteiger partial charge in [0.2, 0.25) is 0 Å². The highest BCUT2D eigenvalue weighted by Crippen LogP contribution is 2.07. The number of carbonyl (C=O) groups is 2. The van der Waals surface area contributed by atoms with Crippen molar-refractivity contribution in [3.8, 4) is 0 Å². The van der Waals surface area contributed by atoms with Gasteiger partial charge in [-0.15, -0.1) is 0 Å². The Bertz CT molecular complexity index is 326. The normalized spacial score (nSPS) is 14.3. The van der Waals surface area contributed by atoms with Gasteiger partial charge in [0.05, 0.1) is 0 Å². The lowest BCUT2D eigenvalue weighted by molar-refractivity contribution is -0.139. The number of hydrogen-bond acceptors (Lipinski definition) is 4. The molecular weight excluding hydrogens is 272 g/mol. The number of carboxylic acids is 1. The lowest BCUT2D eigenvalue weighted by atomic mass is 10.1. The van der Waals surface area contributed by atoms with Crippen LogP contribution >= 0.6 is 0 Å². The molecule has 0 aromatic rings. The Labute approximate surface area is 127 Å². The fourth-order valence-corrected chi connectivity index (χ4v) is 1.86. The summed E-state index contributed by atoms with van der Waals surface area (Å²) >= 11 is 0. The highest BCUT2D eigenvalue weighted by atomic mass is 16.6. The number of ether oxygens (including phenoxy) is 1. The van der Waals surface area contributed by atoms with E-state index >= 15 is 0 Å². The van der Waals surface area contributed by atoms with Gasteiger partial charge in [-0.2, -0.15) is 0 Å². The van der Waals surface area contributed by atoms with E-state index in [-0.39, 0.29) is 6.04 Å². The second kappa shape index (κ2) is 9.60. The van der Waals surface area contributed by atoms with E-state index in [1.807, 2.05) is 6.92 Å². The average Bonchev–Trinajstić information content (AvgIpc) is 2.35. The van der Waals surface area contributed by atoms with Crippen molar-refractivity contribution in [2.24, 2.45) is 0 Å². The maximum atomic E-state index is 11.6. The van der Waals surface area contributed by atoms with E-state index in [0.29, 0.717) is 13.0 Å². The van der Waals surface area contributed by atoms with Gasteiger partial charge in [-0.1, -0.05) is 26.7 Å². The molecule has 2 atom stereocenters. The number of hydrogen-bond donors (Lipinski definition) is 3. The highest BCUT2D eigenvalue weighted by molar-refractivity contribution is 5.73. The van der Waals surface area contributed by atoms with E-state index in [1.165, 1.54) is 0 Å². The summed E-state index contributed by atoms with van der Waals surface area (Å²) in [5, 5.41) is 14.9. The molecule has 0 aliphatic carbocycles. The van der Waals surface area contributed by atoms with Crippen LogP contribution in [0.2, 0.25) is 0 Å². The molecule has 3 N–H and O–H groups in total. The van der Waals surface area contributed by atoms with Crippen molar-refractivity contribution in [2.45, 2.75) is 78.0 Å². The van der Waals surface area contributed by atoms with Gasteiger partial charge in [0, 0.05) is 12.6 Å². The minimum atomic E-state index is -0.865. The predicted molar refractivity (Wildman–Crippen MR) is 82.4 cm³/mol. The van der Waals surface area contributed by atoms with Crippen LogP contribution in [-0.4, -0.2) is 41.4 Å². The molecule has 6 heteroatoms. The molecule has 1 amide bonds. The number of unbranched alkanes of at least 4 members (excludes halogenated alkanes) is 1. The summed E-state index contributed by atoms with van der Waals surface area (Å²) in [5.74, 6) is -0.865. The van der Waals surface area contributed by atoms with Gasteiger partial charge in [0.25, 0.3) is 0 Å². The summed E-state index contributed by atoms with van der Waals surface area (Å²) in [6, 6.07) is -0.661. The van der Waals surface area contributed by atoms with Crippen LogP contribution in [0.15, 0.2) is 0 Å². The van der Waals surface area contributed by atoms with E-state index in [0.717, 1.165) is 19.3 Å². The average molecular weight is 302 g/mol. The third-order valence-electron chi connectivity index (χ3n) is 2.94. The van der Waals surface area contributed by atoms with Crippen LogP contribution in [0.1, 0.15) is 60.3 Å². The minimum absolute atomic E-state index is 0.0708. The number of nitrogens with one attached hydrogen (secondary N) is 2. The summed E-state index contributed by atoms with van der Waals surface area (Å²) < 4.78 is 5.18. The van der Waals surface area contributed by atoms with Crippen molar-refractivity contribution in [1.29, 1.82) is 0 Å². The van der Waals surface area contributed by atoms with Gasteiger partial charge in [0.1, 0.15) is 11.6 Å². The Hall–Kier alpha value is -1.30. The van der Waals surface area contributed by atoms with Crippen molar-refractivity contribution in [3.05, 3.63) is 0 Å². The number of alkyl carbamates (subject to hydrolysis) is 1. The summed E-state index contributed by atoms with van der Waals surface area (Å²) in [4.78, 5) is 22.7. The van der Waals surface area contributed by atoms with E-state index in [4.69, 9.17) is 9.84 Å². The molecule has 0 saturated carbocycles.